The zero-order valence-corrected chi connectivity index (χ0v) is 13.3. The molecule has 0 unspecified atom stereocenters. The Labute approximate surface area is 130 Å². The molecule has 0 bridgehead atoms. The number of carbonyl (C=O) groups is 2. The van der Waals surface area contributed by atoms with E-state index < -0.39 is 21.8 Å². The number of benzene rings is 1. The van der Waals surface area contributed by atoms with Crippen molar-refractivity contribution in [3.05, 3.63) is 28.2 Å². The minimum atomic E-state index is -3.05. The first-order chi connectivity index (χ1) is 9.77. The van der Waals surface area contributed by atoms with Crippen molar-refractivity contribution in [3.8, 4) is 0 Å². The Morgan fingerprint density at radius 1 is 1.19 bits per heavy atom. The highest BCUT2D eigenvalue weighted by atomic mass is 79.9. The lowest BCUT2D eigenvalue weighted by Gasteiger charge is -2.26. The summed E-state index contributed by atoms with van der Waals surface area (Å²) in [7, 11) is -3.05. The molecule has 2 rings (SSSR count). The second-order valence-corrected chi connectivity index (χ2v) is 7.82. The fourth-order valence-corrected chi connectivity index (χ4v) is 3.60. The van der Waals surface area contributed by atoms with Crippen molar-refractivity contribution in [2.75, 3.05) is 29.9 Å². The molecule has 0 spiro atoms. The molecular weight excluding hydrogens is 364 g/mol. The number of hydrogen-bond acceptors (Lipinski definition) is 4. The third-order valence-electron chi connectivity index (χ3n) is 3.03. The van der Waals surface area contributed by atoms with E-state index in [4.69, 9.17) is 5.11 Å². The molecule has 114 valence electrons. The van der Waals surface area contributed by atoms with Crippen molar-refractivity contribution in [2.45, 2.75) is 0 Å². The van der Waals surface area contributed by atoms with Crippen LogP contribution in [-0.2, 0) is 9.84 Å². The summed E-state index contributed by atoms with van der Waals surface area (Å²) in [5, 5.41) is 11.5. The molecule has 0 radical (unpaired) electrons. The minimum absolute atomic E-state index is 0.0425. The standard InChI is InChI=1S/C12H13BrN2O5S/c13-9-5-8(11(16)17)6-10(7-9)14-12(18)15-1-3-21(19,20)4-2-15/h5-7H,1-4H2,(H,14,18)(H,16,17). The molecular formula is C12H13BrN2O5S. The number of carbonyl (C=O) groups excluding carboxylic acids is 1. The highest BCUT2D eigenvalue weighted by molar-refractivity contribution is 9.10. The van der Waals surface area contributed by atoms with Crippen LogP contribution >= 0.6 is 15.9 Å². The van der Waals surface area contributed by atoms with E-state index in [1.165, 1.54) is 17.0 Å². The number of halogens is 1. The number of aromatic carboxylic acids is 1. The maximum atomic E-state index is 12.0. The van der Waals surface area contributed by atoms with Gasteiger partial charge in [0.15, 0.2) is 9.84 Å². The van der Waals surface area contributed by atoms with Gasteiger partial charge in [0.1, 0.15) is 0 Å². The van der Waals surface area contributed by atoms with Gasteiger partial charge in [-0.2, -0.15) is 0 Å². The van der Waals surface area contributed by atoms with Crippen LogP contribution in [0.15, 0.2) is 22.7 Å². The first-order valence-corrected chi connectivity index (χ1v) is 8.68. The van der Waals surface area contributed by atoms with E-state index in [2.05, 4.69) is 21.2 Å². The van der Waals surface area contributed by atoms with E-state index in [0.717, 1.165) is 0 Å². The van der Waals surface area contributed by atoms with Crippen LogP contribution in [0, 0.1) is 0 Å². The van der Waals surface area contributed by atoms with Crippen LogP contribution in [0.3, 0.4) is 0 Å². The van der Waals surface area contributed by atoms with Gasteiger partial charge >= 0.3 is 12.0 Å². The summed E-state index contributed by atoms with van der Waals surface area (Å²) in [5.74, 6) is -1.21. The van der Waals surface area contributed by atoms with Crippen LogP contribution in [-0.4, -0.2) is 55.0 Å². The predicted octanol–water partition coefficient (Wildman–Crippen LogP) is 1.41. The van der Waals surface area contributed by atoms with Gasteiger partial charge in [-0.15, -0.1) is 0 Å². The quantitative estimate of drug-likeness (QED) is 0.811. The van der Waals surface area contributed by atoms with Crippen molar-refractivity contribution in [2.24, 2.45) is 0 Å². The van der Waals surface area contributed by atoms with E-state index in [-0.39, 0.29) is 30.2 Å². The predicted molar refractivity (Wildman–Crippen MR) is 80.3 cm³/mol. The van der Waals surface area contributed by atoms with Crippen LogP contribution in [0.2, 0.25) is 0 Å². The summed E-state index contributed by atoms with van der Waals surface area (Å²) in [5.41, 5.74) is 0.376. The van der Waals surface area contributed by atoms with Gasteiger partial charge in [0.05, 0.1) is 17.1 Å². The summed E-state index contributed by atoms with van der Waals surface area (Å²) < 4.78 is 23.1. The molecule has 21 heavy (non-hydrogen) atoms. The molecule has 0 saturated carbocycles. The number of anilines is 1. The normalized spacial score (nSPS) is 17.3. The molecule has 9 heteroatoms. The van der Waals surface area contributed by atoms with Crippen LogP contribution in [0.4, 0.5) is 10.5 Å². The van der Waals surface area contributed by atoms with Crippen molar-refractivity contribution in [1.82, 2.24) is 4.90 Å². The van der Waals surface area contributed by atoms with E-state index in [0.29, 0.717) is 10.2 Å². The zero-order valence-electron chi connectivity index (χ0n) is 10.9. The Morgan fingerprint density at radius 3 is 2.38 bits per heavy atom. The minimum Gasteiger partial charge on any atom is -0.478 e. The van der Waals surface area contributed by atoms with Gasteiger partial charge in [-0.1, -0.05) is 15.9 Å². The molecule has 1 fully saturated rings. The van der Waals surface area contributed by atoms with Crippen molar-refractivity contribution < 1.29 is 23.1 Å². The van der Waals surface area contributed by atoms with Crippen LogP contribution in [0.1, 0.15) is 10.4 Å². The second-order valence-electron chi connectivity index (χ2n) is 4.60. The van der Waals surface area contributed by atoms with Gasteiger partial charge in [0, 0.05) is 23.2 Å². The molecule has 1 aliphatic heterocycles. The lowest BCUT2D eigenvalue weighted by atomic mass is 10.2. The number of carboxylic acid groups (broad SMARTS) is 1. The van der Waals surface area contributed by atoms with Gasteiger partial charge in [-0.05, 0) is 18.2 Å². The van der Waals surface area contributed by atoms with Crippen molar-refractivity contribution in [1.29, 1.82) is 0 Å². The number of sulfone groups is 1. The lowest BCUT2D eigenvalue weighted by Crippen LogP contribution is -2.45. The molecule has 1 aliphatic rings. The third-order valence-corrected chi connectivity index (χ3v) is 5.09. The molecule has 1 aromatic rings. The Bertz CT molecular complexity index is 675. The molecule has 2 amide bonds. The number of amides is 2. The number of urea groups is 1. The van der Waals surface area contributed by atoms with Gasteiger partial charge in [0.2, 0.25) is 0 Å². The zero-order chi connectivity index (χ0) is 15.6. The first kappa shape index (κ1) is 15.8. The fourth-order valence-electron chi connectivity index (χ4n) is 1.90. The topological polar surface area (TPSA) is 104 Å². The number of carboxylic acids is 1. The monoisotopic (exact) mass is 376 g/mol. The van der Waals surface area contributed by atoms with Crippen LogP contribution in [0.25, 0.3) is 0 Å². The third kappa shape index (κ3) is 4.18. The van der Waals surface area contributed by atoms with E-state index in [9.17, 15) is 18.0 Å². The maximum absolute atomic E-state index is 12.0. The average molecular weight is 377 g/mol. The van der Waals surface area contributed by atoms with Gasteiger partial charge in [-0.3, -0.25) is 0 Å². The molecule has 1 heterocycles. The summed E-state index contributed by atoms with van der Waals surface area (Å²) in [6, 6.07) is 3.89. The summed E-state index contributed by atoms with van der Waals surface area (Å²) >= 11 is 3.17. The molecule has 1 aromatic carbocycles. The number of nitrogens with zero attached hydrogens (tertiary/aromatic N) is 1. The SMILES string of the molecule is O=C(O)c1cc(Br)cc(NC(=O)N2CCS(=O)(=O)CC2)c1. The molecule has 0 atom stereocenters. The van der Waals surface area contributed by atoms with Gasteiger partial charge in [-0.25, -0.2) is 18.0 Å². The van der Waals surface area contributed by atoms with Gasteiger partial charge < -0.3 is 15.3 Å². The molecule has 1 saturated heterocycles. The van der Waals surface area contributed by atoms with Gasteiger partial charge in [0.25, 0.3) is 0 Å². The van der Waals surface area contributed by atoms with Crippen molar-refractivity contribution in [3.63, 3.8) is 0 Å². The summed E-state index contributed by atoms with van der Waals surface area (Å²) in [6.45, 7) is 0.266. The molecule has 7 nitrogen and oxygen atoms in total. The Morgan fingerprint density at radius 2 is 1.81 bits per heavy atom. The summed E-state index contributed by atoms with van der Waals surface area (Å²) in [6.07, 6.45) is 0. The molecule has 0 aromatic heterocycles. The molecule has 0 aliphatic carbocycles. The van der Waals surface area contributed by atoms with Crippen molar-refractivity contribution >= 4 is 43.5 Å². The van der Waals surface area contributed by atoms with E-state index in [1.807, 2.05) is 0 Å². The van der Waals surface area contributed by atoms with E-state index >= 15 is 0 Å². The number of nitrogens with one attached hydrogen (secondary N) is 1. The Hall–Kier alpha value is -1.61. The largest absolute Gasteiger partial charge is 0.478 e. The average Bonchev–Trinajstić information content (AvgIpc) is 2.37. The Kier molecular flexibility index (Phi) is 4.52. The maximum Gasteiger partial charge on any atom is 0.335 e. The number of hydrogen-bond donors (Lipinski definition) is 2. The van der Waals surface area contributed by atoms with E-state index in [1.54, 1.807) is 6.07 Å². The first-order valence-electron chi connectivity index (χ1n) is 6.07. The highest BCUT2D eigenvalue weighted by Gasteiger charge is 2.25. The van der Waals surface area contributed by atoms with Crippen LogP contribution in [0.5, 0.6) is 0 Å². The van der Waals surface area contributed by atoms with Crippen LogP contribution < -0.4 is 5.32 Å². The number of rotatable bonds is 2. The molecule has 2 N–H and O–H groups in total. The highest BCUT2D eigenvalue weighted by Crippen LogP contribution is 2.20. The smallest absolute Gasteiger partial charge is 0.335 e. The second kappa shape index (κ2) is 6.02. The summed E-state index contributed by atoms with van der Waals surface area (Å²) in [4.78, 5) is 24.4. The lowest BCUT2D eigenvalue weighted by molar-refractivity contribution is 0.0696. The fraction of sp³-hybridized carbons (Fsp3) is 0.333. The Balaban J connectivity index is 2.08.